The van der Waals surface area contributed by atoms with Crippen LogP contribution in [-0.4, -0.2) is 29.1 Å². The van der Waals surface area contributed by atoms with Crippen LogP contribution in [0.2, 0.25) is 5.02 Å². The first-order chi connectivity index (χ1) is 16.5. The number of carbonyl (C=O) groups excluding carboxylic acids is 1. The summed E-state index contributed by atoms with van der Waals surface area (Å²) in [6.45, 7) is 5.46. The highest BCUT2D eigenvalue weighted by atomic mass is 35.5. The first-order valence-electron chi connectivity index (χ1n) is 11.2. The fraction of sp³-hybridized carbons (Fsp3) is 0.185. The lowest BCUT2D eigenvalue weighted by Crippen LogP contribution is -2.32. The van der Waals surface area contributed by atoms with E-state index >= 15 is 0 Å². The Morgan fingerprint density at radius 1 is 0.941 bits per heavy atom. The molecule has 0 N–H and O–H groups in total. The van der Waals surface area contributed by atoms with Gasteiger partial charge < -0.3 is 4.90 Å². The Morgan fingerprint density at radius 2 is 1.71 bits per heavy atom. The standard InChI is InChI=1S/C27H24ClN3OS2/c1-3-30-22-17-20(28)13-14-23(22)33-26(30)24-25(32)31(16-15-19-10-5-4-6-11-19)27(34-24)29-21-12-8-7-9-18(21)2/h4-14,17H,3,15-16H2,1-2H3. The topological polar surface area (TPSA) is 35.9 Å². The highest BCUT2D eigenvalue weighted by Gasteiger charge is 2.39. The average molecular weight is 506 g/mol. The van der Waals surface area contributed by atoms with E-state index < -0.39 is 0 Å². The van der Waals surface area contributed by atoms with E-state index in [-0.39, 0.29) is 5.91 Å². The van der Waals surface area contributed by atoms with Gasteiger partial charge in [0.2, 0.25) is 0 Å². The van der Waals surface area contributed by atoms with Crippen LogP contribution in [0.25, 0.3) is 0 Å². The predicted molar refractivity (Wildman–Crippen MR) is 145 cm³/mol. The first-order valence-corrected chi connectivity index (χ1v) is 13.2. The smallest absolute Gasteiger partial charge is 0.269 e. The van der Waals surface area contributed by atoms with Crippen LogP contribution in [0.5, 0.6) is 0 Å². The summed E-state index contributed by atoms with van der Waals surface area (Å²) < 4.78 is 0. The maximum absolute atomic E-state index is 13.8. The van der Waals surface area contributed by atoms with Gasteiger partial charge in [0, 0.05) is 23.0 Å². The fourth-order valence-corrected chi connectivity index (χ4v) is 6.59. The van der Waals surface area contributed by atoms with Crippen LogP contribution in [0, 0.1) is 6.92 Å². The van der Waals surface area contributed by atoms with Crippen LogP contribution < -0.4 is 4.90 Å². The number of fused-ring (bicyclic) bond motifs is 1. The molecule has 0 saturated carbocycles. The molecule has 2 aliphatic heterocycles. The number of thioether (sulfide) groups is 2. The number of hydrogen-bond acceptors (Lipinski definition) is 5. The van der Waals surface area contributed by atoms with Gasteiger partial charge in [-0.2, -0.15) is 0 Å². The molecule has 0 atom stereocenters. The Kier molecular flexibility index (Phi) is 6.73. The molecule has 0 aromatic heterocycles. The van der Waals surface area contributed by atoms with Gasteiger partial charge in [-0.1, -0.05) is 71.9 Å². The molecule has 2 heterocycles. The van der Waals surface area contributed by atoms with Crippen molar-refractivity contribution in [2.45, 2.75) is 25.2 Å². The molecule has 1 fully saturated rings. The van der Waals surface area contributed by atoms with Gasteiger partial charge in [0.15, 0.2) is 5.17 Å². The minimum atomic E-state index is 0.00752. The number of amidine groups is 1. The number of para-hydroxylation sites is 1. The molecule has 1 amide bonds. The number of amides is 1. The molecule has 172 valence electrons. The van der Waals surface area contributed by atoms with Gasteiger partial charge in [-0.25, -0.2) is 4.99 Å². The van der Waals surface area contributed by atoms with Crippen molar-refractivity contribution in [1.82, 2.24) is 4.90 Å². The number of carbonyl (C=O) groups is 1. The molecule has 0 radical (unpaired) electrons. The lowest BCUT2D eigenvalue weighted by atomic mass is 10.1. The van der Waals surface area contributed by atoms with Gasteiger partial charge in [0.25, 0.3) is 5.91 Å². The summed E-state index contributed by atoms with van der Waals surface area (Å²) in [6, 6.07) is 24.2. The van der Waals surface area contributed by atoms with Crippen LogP contribution in [0.15, 0.2) is 92.6 Å². The molecular weight excluding hydrogens is 482 g/mol. The molecule has 0 bridgehead atoms. The Bertz CT molecular complexity index is 1310. The minimum absolute atomic E-state index is 0.00752. The Labute approximate surface area is 213 Å². The number of aliphatic imine (C=N–C) groups is 1. The monoisotopic (exact) mass is 505 g/mol. The van der Waals surface area contributed by atoms with Crippen LogP contribution in [0.3, 0.4) is 0 Å². The van der Waals surface area contributed by atoms with E-state index in [1.54, 1.807) is 11.8 Å². The van der Waals surface area contributed by atoms with E-state index in [9.17, 15) is 4.79 Å². The number of aryl methyl sites for hydroxylation is 1. The van der Waals surface area contributed by atoms with Crippen molar-refractivity contribution in [3.8, 4) is 0 Å². The fourth-order valence-electron chi connectivity index (χ4n) is 4.03. The summed E-state index contributed by atoms with van der Waals surface area (Å²) in [4.78, 5) is 24.6. The number of hydrogen-bond donors (Lipinski definition) is 0. The number of benzene rings is 3. The van der Waals surface area contributed by atoms with E-state index in [1.807, 2.05) is 72.5 Å². The maximum Gasteiger partial charge on any atom is 0.269 e. The van der Waals surface area contributed by atoms with Crippen molar-refractivity contribution in [2.75, 3.05) is 18.0 Å². The molecule has 0 aliphatic carbocycles. The summed E-state index contributed by atoms with van der Waals surface area (Å²) in [5, 5.41) is 2.37. The molecule has 3 aromatic carbocycles. The van der Waals surface area contributed by atoms with Crippen LogP contribution in [0.4, 0.5) is 11.4 Å². The Morgan fingerprint density at radius 3 is 2.47 bits per heavy atom. The second-order valence-corrected chi connectivity index (χ2v) is 10.5. The molecule has 4 nitrogen and oxygen atoms in total. The molecule has 1 saturated heterocycles. The molecule has 7 heteroatoms. The van der Waals surface area contributed by atoms with Gasteiger partial charge in [-0.3, -0.25) is 9.69 Å². The summed E-state index contributed by atoms with van der Waals surface area (Å²) in [5.41, 5.74) is 4.22. The Hall–Kier alpha value is -2.67. The number of nitrogens with zero attached hydrogens (tertiary/aromatic N) is 3. The summed E-state index contributed by atoms with van der Waals surface area (Å²) in [7, 11) is 0. The summed E-state index contributed by atoms with van der Waals surface area (Å²) in [6.07, 6.45) is 0.767. The van der Waals surface area contributed by atoms with Crippen molar-refractivity contribution in [1.29, 1.82) is 0 Å². The molecule has 2 aliphatic rings. The average Bonchev–Trinajstić information content (AvgIpc) is 3.36. The molecule has 0 unspecified atom stereocenters. The van der Waals surface area contributed by atoms with E-state index in [0.29, 0.717) is 11.6 Å². The van der Waals surface area contributed by atoms with Crippen LogP contribution in [0.1, 0.15) is 18.1 Å². The zero-order chi connectivity index (χ0) is 23.7. The summed E-state index contributed by atoms with van der Waals surface area (Å²) >= 11 is 9.38. The van der Waals surface area contributed by atoms with E-state index in [1.165, 1.54) is 17.3 Å². The van der Waals surface area contributed by atoms with E-state index in [2.05, 4.69) is 24.0 Å². The minimum Gasteiger partial charge on any atom is -0.334 e. The molecule has 3 aromatic rings. The largest absolute Gasteiger partial charge is 0.334 e. The van der Waals surface area contributed by atoms with Crippen molar-refractivity contribution < 1.29 is 4.79 Å². The second-order valence-electron chi connectivity index (χ2n) is 8.07. The summed E-state index contributed by atoms with van der Waals surface area (Å²) in [5.74, 6) is 0.00752. The van der Waals surface area contributed by atoms with Crippen LogP contribution >= 0.6 is 35.1 Å². The van der Waals surface area contributed by atoms with Crippen molar-refractivity contribution in [2.24, 2.45) is 4.99 Å². The number of anilines is 1. The normalized spacial score (nSPS) is 18.8. The zero-order valence-electron chi connectivity index (χ0n) is 19.0. The van der Waals surface area contributed by atoms with E-state index in [4.69, 9.17) is 16.6 Å². The first kappa shape index (κ1) is 23.1. The highest BCUT2D eigenvalue weighted by Crippen LogP contribution is 2.51. The predicted octanol–water partition coefficient (Wildman–Crippen LogP) is 7.26. The number of rotatable bonds is 5. The van der Waals surface area contributed by atoms with Crippen molar-refractivity contribution in [3.05, 3.63) is 98.9 Å². The van der Waals surface area contributed by atoms with Gasteiger partial charge in [-0.15, -0.1) is 0 Å². The van der Waals surface area contributed by atoms with Crippen molar-refractivity contribution in [3.63, 3.8) is 0 Å². The molecular formula is C27H24ClN3OS2. The lowest BCUT2D eigenvalue weighted by Gasteiger charge is -2.19. The number of halogens is 1. The van der Waals surface area contributed by atoms with Gasteiger partial charge in [0.05, 0.1) is 11.4 Å². The van der Waals surface area contributed by atoms with Gasteiger partial charge in [-0.05, 0) is 67.4 Å². The molecule has 0 spiro atoms. The molecule has 34 heavy (non-hydrogen) atoms. The third-order valence-electron chi connectivity index (χ3n) is 5.84. The SMILES string of the molecule is CCN1C(=C2SC(=Nc3ccccc3C)N(CCc3ccccc3)C2=O)Sc2ccc(Cl)cc21. The van der Waals surface area contributed by atoms with Crippen molar-refractivity contribution >= 4 is 57.6 Å². The lowest BCUT2D eigenvalue weighted by molar-refractivity contribution is -0.122. The third-order valence-corrected chi connectivity index (χ3v) is 8.45. The molecule has 5 rings (SSSR count). The zero-order valence-corrected chi connectivity index (χ0v) is 21.4. The van der Waals surface area contributed by atoms with Crippen LogP contribution in [-0.2, 0) is 11.2 Å². The Balaban J connectivity index is 1.53. The second kappa shape index (κ2) is 9.90. The quantitative estimate of drug-likeness (QED) is 0.342. The maximum atomic E-state index is 13.8. The van der Waals surface area contributed by atoms with Gasteiger partial charge >= 0.3 is 0 Å². The van der Waals surface area contributed by atoms with E-state index in [0.717, 1.165) is 49.9 Å². The van der Waals surface area contributed by atoms with Gasteiger partial charge in [0.1, 0.15) is 9.93 Å². The highest BCUT2D eigenvalue weighted by molar-refractivity contribution is 8.19. The third kappa shape index (κ3) is 4.50.